The second-order valence-corrected chi connectivity index (χ2v) is 3.08. The second-order valence-electron chi connectivity index (χ2n) is 3.08. The molecule has 98 valence electrons. The summed E-state index contributed by atoms with van der Waals surface area (Å²) >= 11 is 0. The van der Waals surface area contributed by atoms with Crippen molar-refractivity contribution >= 4 is 0 Å². The first kappa shape index (κ1) is 24.0. The van der Waals surface area contributed by atoms with Gasteiger partial charge in [0.15, 0.2) is 0 Å². The molecule has 0 aromatic rings. The molecule has 8 heteroatoms. The predicted octanol–water partition coefficient (Wildman–Crippen LogP) is -1.54. The van der Waals surface area contributed by atoms with Gasteiger partial charge in [0.2, 0.25) is 0 Å². The molecule has 17 heavy (non-hydrogen) atoms. The van der Waals surface area contributed by atoms with E-state index in [0.29, 0.717) is 12.2 Å². The Labute approximate surface area is 152 Å². The maximum Gasteiger partial charge on any atom is 0.140 e. The molecule has 2 radical (unpaired) electrons. The third kappa shape index (κ3) is 23.5. The zero-order valence-corrected chi connectivity index (χ0v) is 15.5. The molecule has 2 atom stereocenters. The Hall–Kier alpha value is 1.97. The Balaban J connectivity index is -0.000000173. The van der Waals surface area contributed by atoms with E-state index in [0.717, 1.165) is 26.1 Å². The fraction of sp³-hybridized carbons (Fsp3) is 1.00. The third-order valence-corrected chi connectivity index (χ3v) is 1.71. The van der Waals surface area contributed by atoms with Gasteiger partial charge in [0.05, 0.1) is 25.4 Å². The summed E-state index contributed by atoms with van der Waals surface area (Å²) in [7, 11) is 0. The molecule has 0 spiro atoms. The third-order valence-electron chi connectivity index (χ3n) is 1.71. The molecule has 2 rings (SSSR count). The molecule has 2 heterocycles. The largest absolute Gasteiger partial charge is 0.396 e. The molecule has 0 saturated carbocycles. The van der Waals surface area contributed by atoms with Crippen molar-refractivity contribution < 1.29 is 95.3 Å². The summed E-state index contributed by atoms with van der Waals surface area (Å²) in [6, 6.07) is 0. The van der Waals surface area contributed by atoms with Crippen LogP contribution in [0.2, 0.25) is 0 Å². The molecule has 0 aromatic carbocycles. The van der Waals surface area contributed by atoms with Crippen LogP contribution in [0.15, 0.2) is 0 Å². The number of hydrogen-bond donors (Lipinski definition) is 4. The first-order valence-electron chi connectivity index (χ1n) is 4.95. The molecule has 0 aliphatic carbocycles. The summed E-state index contributed by atoms with van der Waals surface area (Å²) in [5.41, 5.74) is 0. The first-order chi connectivity index (χ1) is 7.28. The fourth-order valence-electron chi connectivity index (χ4n) is 0.757. The number of aliphatic hydroxyl groups excluding tert-OH is 3. The fourth-order valence-corrected chi connectivity index (χ4v) is 0.757. The molecule has 2 aliphatic rings. The van der Waals surface area contributed by atoms with Crippen molar-refractivity contribution in [2.24, 2.45) is 0 Å². The van der Waals surface area contributed by atoms with Crippen LogP contribution in [-0.2, 0) is 74.9 Å². The van der Waals surface area contributed by atoms with Crippen LogP contribution in [0.25, 0.3) is 0 Å². The van der Waals surface area contributed by atoms with Gasteiger partial charge in [0.1, 0.15) is 6.79 Å². The molecule has 6 nitrogen and oxygen atoms in total. The number of rotatable bonds is 4. The summed E-state index contributed by atoms with van der Waals surface area (Å²) in [6.45, 7) is 1.51. The summed E-state index contributed by atoms with van der Waals surface area (Å²) in [5.74, 6) is 0. The topological polar surface area (TPSA) is 106 Å². The number of ether oxygens (including phenoxy) is 2. The molecule has 2 aliphatic heterocycles. The van der Waals surface area contributed by atoms with E-state index in [1.807, 2.05) is 0 Å². The van der Waals surface area contributed by atoms with Gasteiger partial charge in [0, 0.05) is 78.6 Å². The van der Waals surface area contributed by atoms with E-state index >= 15 is 0 Å². The summed E-state index contributed by atoms with van der Waals surface area (Å²) in [4.78, 5) is 0. The van der Waals surface area contributed by atoms with Gasteiger partial charge >= 0.3 is 0 Å². The normalized spacial score (nSPS) is 22.6. The number of hydrogen-bond acceptors (Lipinski definition) is 6. The maximum atomic E-state index is 8.20. The van der Waals surface area contributed by atoms with E-state index in [1.165, 1.54) is 0 Å². The van der Waals surface area contributed by atoms with Crippen LogP contribution < -0.4 is 0 Å². The smallest absolute Gasteiger partial charge is 0.140 e. The van der Waals surface area contributed by atoms with E-state index in [4.69, 9.17) is 29.9 Å². The average Bonchev–Trinajstić information content (AvgIpc) is 3.01. The van der Waals surface area contributed by atoms with Crippen molar-refractivity contribution in [2.45, 2.75) is 25.0 Å². The quantitative estimate of drug-likeness (QED) is 0.336. The number of epoxide rings is 2. The van der Waals surface area contributed by atoms with Gasteiger partial charge in [-0.25, -0.2) is 0 Å². The minimum atomic E-state index is -0.750. The van der Waals surface area contributed by atoms with Crippen LogP contribution in [0.4, 0.5) is 0 Å². The standard InChI is InChI=1S/2C4H8O2.CH4O2.2Y/c2*5-2-1-4-3-6-4;2-1-3;;/h2*4-5H,1-3H2;2-3H,1H2;;. The zero-order chi connectivity index (χ0) is 11.5. The maximum absolute atomic E-state index is 8.20. The van der Waals surface area contributed by atoms with Gasteiger partial charge < -0.3 is 29.9 Å². The Morgan fingerprint density at radius 1 is 0.765 bits per heavy atom. The van der Waals surface area contributed by atoms with Crippen molar-refractivity contribution in [3.63, 3.8) is 0 Å². The van der Waals surface area contributed by atoms with Crippen molar-refractivity contribution in [3.8, 4) is 0 Å². The first-order valence-corrected chi connectivity index (χ1v) is 4.95. The summed E-state index contributed by atoms with van der Waals surface area (Å²) in [5, 5.41) is 30.6. The number of aliphatic hydroxyl groups is 4. The molecule has 2 unspecified atom stereocenters. The Morgan fingerprint density at radius 2 is 1.00 bits per heavy atom. The van der Waals surface area contributed by atoms with Crippen molar-refractivity contribution in [3.05, 3.63) is 0 Å². The molecule has 2 saturated heterocycles. The van der Waals surface area contributed by atoms with Crippen molar-refractivity contribution in [2.75, 3.05) is 33.2 Å². The molecule has 0 aromatic heterocycles. The van der Waals surface area contributed by atoms with E-state index in [1.54, 1.807) is 0 Å². The molecule has 0 bridgehead atoms. The van der Waals surface area contributed by atoms with E-state index < -0.39 is 6.79 Å². The van der Waals surface area contributed by atoms with Crippen LogP contribution in [-0.4, -0.2) is 65.9 Å². The SMILES string of the molecule is OCCC1CO1.OCCC1CO1.OCO.[Y].[Y]. The van der Waals surface area contributed by atoms with E-state index in [-0.39, 0.29) is 78.6 Å². The molecular weight excluding hydrogens is 382 g/mol. The Bertz CT molecular complexity index is 119. The molecule has 0 amide bonds. The summed E-state index contributed by atoms with van der Waals surface area (Å²) in [6.07, 6.45) is 2.44. The van der Waals surface area contributed by atoms with E-state index in [9.17, 15) is 0 Å². The van der Waals surface area contributed by atoms with Gasteiger partial charge in [-0.1, -0.05) is 0 Å². The van der Waals surface area contributed by atoms with E-state index in [2.05, 4.69) is 0 Å². The minimum absolute atomic E-state index is 0. The van der Waals surface area contributed by atoms with Crippen LogP contribution >= 0.6 is 0 Å². The molecule has 4 N–H and O–H groups in total. The monoisotopic (exact) mass is 402 g/mol. The van der Waals surface area contributed by atoms with Gasteiger partial charge in [-0.15, -0.1) is 0 Å². The molecular formula is C9H20O6Y2. The summed E-state index contributed by atoms with van der Waals surface area (Å²) < 4.78 is 9.58. The van der Waals surface area contributed by atoms with Crippen LogP contribution in [0.1, 0.15) is 12.8 Å². The predicted molar refractivity (Wildman–Crippen MR) is 52.2 cm³/mol. The van der Waals surface area contributed by atoms with Gasteiger partial charge in [-0.2, -0.15) is 0 Å². The van der Waals surface area contributed by atoms with Crippen LogP contribution in [0.3, 0.4) is 0 Å². The van der Waals surface area contributed by atoms with Crippen LogP contribution in [0, 0.1) is 0 Å². The van der Waals surface area contributed by atoms with Gasteiger partial charge in [-0.05, 0) is 12.8 Å². The van der Waals surface area contributed by atoms with Crippen molar-refractivity contribution in [1.29, 1.82) is 0 Å². The van der Waals surface area contributed by atoms with Gasteiger partial charge in [0.25, 0.3) is 0 Å². The Morgan fingerprint density at radius 3 is 1.06 bits per heavy atom. The zero-order valence-electron chi connectivity index (χ0n) is 9.86. The molecule has 2 fully saturated rings. The Kier molecular flexibility index (Phi) is 25.4. The second kappa shape index (κ2) is 18.0. The van der Waals surface area contributed by atoms with Crippen molar-refractivity contribution in [1.82, 2.24) is 0 Å². The van der Waals surface area contributed by atoms with Gasteiger partial charge in [-0.3, -0.25) is 0 Å². The average molecular weight is 402 g/mol. The minimum Gasteiger partial charge on any atom is -0.396 e. The van der Waals surface area contributed by atoms with Crippen LogP contribution in [0.5, 0.6) is 0 Å².